The van der Waals surface area contributed by atoms with E-state index in [0.717, 1.165) is 6.07 Å². The van der Waals surface area contributed by atoms with Crippen molar-refractivity contribution in [1.29, 1.82) is 0 Å². The van der Waals surface area contributed by atoms with Crippen molar-refractivity contribution in [3.05, 3.63) is 23.5 Å². The molecular weight excluding hydrogens is 303 g/mol. The van der Waals surface area contributed by atoms with Gasteiger partial charge in [-0.3, -0.25) is 0 Å². The molecule has 0 heterocycles. The second kappa shape index (κ2) is 6.75. The predicted octanol–water partition coefficient (Wildman–Crippen LogP) is 1.11. The van der Waals surface area contributed by atoms with Crippen molar-refractivity contribution in [1.82, 2.24) is 4.72 Å². The second-order valence-corrected chi connectivity index (χ2v) is 7.25. The van der Waals surface area contributed by atoms with Crippen LogP contribution in [0, 0.1) is 12.7 Å². The van der Waals surface area contributed by atoms with Gasteiger partial charge in [-0.05, 0) is 32.2 Å². The summed E-state index contributed by atoms with van der Waals surface area (Å²) in [5.74, 6) is -0.665. The Balaban J connectivity index is 3.12. The van der Waals surface area contributed by atoms with Crippen molar-refractivity contribution < 1.29 is 17.9 Å². The molecule has 0 aliphatic carbocycles. The molecule has 5 nitrogen and oxygen atoms in total. The lowest BCUT2D eigenvalue weighted by Crippen LogP contribution is -2.41. The fourth-order valence-electron chi connectivity index (χ4n) is 1.77. The molecular formula is C12H19FN2O3S2. The summed E-state index contributed by atoms with van der Waals surface area (Å²) in [5, 5.41) is 8.89. The monoisotopic (exact) mass is 322 g/mol. The molecule has 20 heavy (non-hydrogen) atoms. The first-order chi connectivity index (χ1) is 9.22. The van der Waals surface area contributed by atoms with Gasteiger partial charge in [-0.15, -0.1) is 0 Å². The summed E-state index contributed by atoms with van der Waals surface area (Å²) in [5.41, 5.74) is 5.55. The summed E-state index contributed by atoms with van der Waals surface area (Å²) in [6.45, 7) is 2.87. The van der Waals surface area contributed by atoms with Crippen LogP contribution < -0.4 is 10.5 Å². The lowest BCUT2D eigenvalue weighted by molar-refractivity contribution is 0.282. The number of nitrogen functional groups attached to an aromatic ring is 1. The topological polar surface area (TPSA) is 92.4 Å². The highest BCUT2D eigenvalue weighted by Gasteiger charge is 2.25. The first-order valence-electron chi connectivity index (χ1n) is 5.94. The second-order valence-electron chi connectivity index (χ2n) is 4.49. The molecule has 0 bridgehead atoms. The Hall–Kier alpha value is -0.830. The molecule has 1 aromatic carbocycles. The number of nitrogens with one attached hydrogen (secondary N) is 1. The number of aliphatic hydroxyl groups is 1. The van der Waals surface area contributed by atoms with Gasteiger partial charge >= 0.3 is 0 Å². The number of benzene rings is 1. The fourth-order valence-corrected chi connectivity index (χ4v) is 4.06. The van der Waals surface area contributed by atoms with E-state index in [1.165, 1.54) is 24.8 Å². The zero-order valence-corrected chi connectivity index (χ0v) is 13.2. The van der Waals surface area contributed by atoms with Crippen molar-refractivity contribution in [3.63, 3.8) is 0 Å². The minimum Gasteiger partial charge on any atom is -0.399 e. The van der Waals surface area contributed by atoms with Gasteiger partial charge in [0.1, 0.15) is 5.82 Å². The molecule has 0 saturated carbocycles. The standard InChI is InChI=1S/C12H19FN2O3S2/c1-7-10(13)4-9(14)5-12(7)20(17,18)15-8(2)11(6-16)19-3/h4-5,8,11,15-16H,6,14H2,1-3H3. The van der Waals surface area contributed by atoms with Gasteiger partial charge in [0.25, 0.3) is 0 Å². The van der Waals surface area contributed by atoms with E-state index in [9.17, 15) is 17.9 Å². The Morgan fingerprint density at radius 1 is 1.50 bits per heavy atom. The highest BCUT2D eigenvalue weighted by atomic mass is 32.2. The molecule has 0 amide bonds. The summed E-state index contributed by atoms with van der Waals surface area (Å²) in [7, 11) is -3.89. The normalized spacial score (nSPS) is 15.1. The van der Waals surface area contributed by atoms with Gasteiger partial charge in [0, 0.05) is 22.5 Å². The van der Waals surface area contributed by atoms with Crippen LogP contribution in [0.3, 0.4) is 0 Å². The first-order valence-corrected chi connectivity index (χ1v) is 8.71. The van der Waals surface area contributed by atoms with Gasteiger partial charge in [-0.1, -0.05) is 0 Å². The van der Waals surface area contributed by atoms with E-state index in [2.05, 4.69) is 4.72 Å². The Labute approximate surface area is 122 Å². The lowest BCUT2D eigenvalue weighted by atomic mass is 10.2. The van der Waals surface area contributed by atoms with Crippen molar-refractivity contribution in [2.75, 3.05) is 18.6 Å². The highest BCUT2D eigenvalue weighted by molar-refractivity contribution is 7.99. The summed E-state index contributed by atoms with van der Waals surface area (Å²) in [4.78, 5) is -0.181. The van der Waals surface area contributed by atoms with Crippen LogP contribution in [-0.4, -0.2) is 37.7 Å². The molecule has 0 aliphatic heterocycles. The highest BCUT2D eigenvalue weighted by Crippen LogP contribution is 2.22. The smallest absolute Gasteiger partial charge is 0.241 e. The van der Waals surface area contributed by atoms with E-state index in [0.29, 0.717) is 0 Å². The molecule has 1 rings (SSSR count). The molecule has 0 aliphatic rings. The third-order valence-electron chi connectivity index (χ3n) is 2.99. The summed E-state index contributed by atoms with van der Waals surface area (Å²) in [6, 6.07) is 1.81. The number of hydrogen-bond acceptors (Lipinski definition) is 5. The van der Waals surface area contributed by atoms with Crippen LogP contribution >= 0.6 is 11.8 Å². The lowest BCUT2D eigenvalue weighted by Gasteiger charge is -2.22. The maximum atomic E-state index is 13.6. The minimum atomic E-state index is -3.89. The van der Waals surface area contributed by atoms with Crippen molar-refractivity contribution in [2.24, 2.45) is 0 Å². The molecule has 0 saturated heterocycles. The molecule has 4 N–H and O–H groups in total. The van der Waals surface area contributed by atoms with E-state index >= 15 is 0 Å². The van der Waals surface area contributed by atoms with Crippen LogP contribution in [0.5, 0.6) is 0 Å². The molecule has 8 heteroatoms. The maximum Gasteiger partial charge on any atom is 0.241 e. The van der Waals surface area contributed by atoms with Crippen LogP contribution in [0.25, 0.3) is 0 Å². The summed E-state index contributed by atoms with van der Waals surface area (Å²) < 4.78 is 40.6. The Morgan fingerprint density at radius 3 is 2.60 bits per heavy atom. The zero-order valence-electron chi connectivity index (χ0n) is 11.6. The van der Waals surface area contributed by atoms with Gasteiger partial charge in [0.2, 0.25) is 10.0 Å². The van der Waals surface area contributed by atoms with E-state index in [1.807, 2.05) is 0 Å². The third-order valence-corrected chi connectivity index (χ3v) is 5.84. The van der Waals surface area contributed by atoms with Crippen LogP contribution in [-0.2, 0) is 10.0 Å². The Morgan fingerprint density at radius 2 is 2.10 bits per heavy atom. The van der Waals surface area contributed by atoms with Crippen LogP contribution in [0.4, 0.5) is 10.1 Å². The summed E-state index contributed by atoms with van der Waals surface area (Å²) in [6.07, 6.45) is 1.77. The number of thioether (sulfide) groups is 1. The van der Waals surface area contributed by atoms with Crippen molar-refractivity contribution in [3.8, 4) is 0 Å². The number of sulfonamides is 1. The average molecular weight is 322 g/mol. The average Bonchev–Trinajstić information content (AvgIpc) is 2.34. The minimum absolute atomic E-state index is 0.0172. The molecule has 2 atom stereocenters. The fraction of sp³-hybridized carbons (Fsp3) is 0.500. The molecule has 0 spiro atoms. The molecule has 0 radical (unpaired) electrons. The number of hydrogen-bond donors (Lipinski definition) is 3. The number of nitrogens with two attached hydrogens (primary N) is 1. The van der Waals surface area contributed by atoms with Crippen molar-refractivity contribution in [2.45, 2.75) is 30.0 Å². The van der Waals surface area contributed by atoms with E-state index in [-0.39, 0.29) is 28.0 Å². The van der Waals surface area contributed by atoms with Crippen LogP contribution in [0.1, 0.15) is 12.5 Å². The third kappa shape index (κ3) is 3.85. The Kier molecular flexibility index (Phi) is 5.81. The zero-order chi connectivity index (χ0) is 15.5. The van der Waals surface area contributed by atoms with E-state index in [1.54, 1.807) is 13.2 Å². The van der Waals surface area contributed by atoms with E-state index in [4.69, 9.17) is 5.73 Å². The Bertz CT molecular complexity index is 574. The quantitative estimate of drug-likeness (QED) is 0.682. The van der Waals surface area contributed by atoms with E-state index < -0.39 is 21.9 Å². The number of anilines is 1. The van der Waals surface area contributed by atoms with Crippen LogP contribution in [0.2, 0.25) is 0 Å². The number of aliphatic hydroxyl groups excluding tert-OH is 1. The van der Waals surface area contributed by atoms with Gasteiger partial charge in [-0.2, -0.15) is 11.8 Å². The molecule has 114 valence electrons. The molecule has 0 aromatic heterocycles. The molecule has 1 aromatic rings. The molecule has 0 fully saturated rings. The van der Waals surface area contributed by atoms with Gasteiger partial charge < -0.3 is 10.8 Å². The van der Waals surface area contributed by atoms with Crippen LogP contribution in [0.15, 0.2) is 17.0 Å². The SMILES string of the molecule is CSC(CO)C(C)NS(=O)(=O)c1cc(N)cc(F)c1C. The van der Waals surface area contributed by atoms with Gasteiger partial charge in [0.05, 0.1) is 11.5 Å². The van der Waals surface area contributed by atoms with Crippen molar-refractivity contribution >= 4 is 27.5 Å². The summed E-state index contributed by atoms with van der Waals surface area (Å²) >= 11 is 1.35. The van der Waals surface area contributed by atoms with Gasteiger partial charge in [-0.25, -0.2) is 17.5 Å². The van der Waals surface area contributed by atoms with Gasteiger partial charge in [0.15, 0.2) is 0 Å². The number of rotatable bonds is 6. The molecule has 2 unspecified atom stereocenters. The largest absolute Gasteiger partial charge is 0.399 e. The number of halogens is 1. The first kappa shape index (κ1) is 17.2. The maximum absolute atomic E-state index is 13.6. The predicted molar refractivity (Wildman–Crippen MR) is 79.7 cm³/mol.